The van der Waals surface area contributed by atoms with Crippen molar-refractivity contribution in [1.29, 1.82) is 0 Å². The summed E-state index contributed by atoms with van der Waals surface area (Å²) in [5, 5.41) is 4.26. The van der Waals surface area contributed by atoms with E-state index in [9.17, 15) is 0 Å². The van der Waals surface area contributed by atoms with E-state index in [0.717, 1.165) is 11.4 Å². The molecule has 0 atom stereocenters. The van der Waals surface area contributed by atoms with Gasteiger partial charge in [0.05, 0.1) is 5.69 Å². The van der Waals surface area contributed by atoms with E-state index in [-0.39, 0.29) is 0 Å². The maximum absolute atomic E-state index is 4.26. The highest BCUT2D eigenvalue weighted by molar-refractivity contribution is 5.84. The third kappa shape index (κ3) is 3.28. The third-order valence-electron chi connectivity index (χ3n) is 1.97. The van der Waals surface area contributed by atoms with Gasteiger partial charge in [-0.3, -0.25) is 5.43 Å². The summed E-state index contributed by atoms with van der Waals surface area (Å²) in [6, 6.07) is 9.96. The lowest BCUT2D eigenvalue weighted by Crippen LogP contribution is -2.04. The molecule has 70 valence electrons. The van der Waals surface area contributed by atoms with Crippen LogP contribution in [0.3, 0.4) is 0 Å². The molecule has 0 heterocycles. The molecule has 0 aliphatic carbocycles. The smallest absolute Gasteiger partial charge is 0.0561 e. The molecule has 1 aromatic carbocycles. The Morgan fingerprint density at radius 3 is 2.38 bits per heavy atom. The van der Waals surface area contributed by atoms with Gasteiger partial charge in [0.2, 0.25) is 0 Å². The fourth-order valence-electron chi connectivity index (χ4n) is 0.795. The number of benzene rings is 1. The van der Waals surface area contributed by atoms with Crippen LogP contribution < -0.4 is 5.43 Å². The standard InChI is InChI=1S/C11H16N2/c1-9(2)10(3)12-13-11-7-5-4-6-8-11/h4-9,13H,1-3H3/b12-10+. The molecule has 1 aromatic rings. The second kappa shape index (κ2) is 4.65. The molecular weight excluding hydrogens is 160 g/mol. The molecule has 0 fully saturated rings. The fourth-order valence-corrected chi connectivity index (χ4v) is 0.795. The SMILES string of the molecule is C/C(=N\Nc1ccccc1)C(C)C. The van der Waals surface area contributed by atoms with Gasteiger partial charge in [-0.25, -0.2) is 0 Å². The minimum atomic E-state index is 0.496. The average Bonchev–Trinajstić information content (AvgIpc) is 2.15. The molecule has 0 saturated carbocycles. The van der Waals surface area contributed by atoms with E-state index >= 15 is 0 Å². The zero-order valence-electron chi connectivity index (χ0n) is 8.41. The van der Waals surface area contributed by atoms with E-state index in [2.05, 4.69) is 24.4 Å². The number of anilines is 1. The predicted octanol–water partition coefficient (Wildman–Crippen LogP) is 3.13. The summed E-state index contributed by atoms with van der Waals surface area (Å²) in [4.78, 5) is 0. The first kappa shape index (κ1) is 9.78. The Morgan fingerprint density at radius 2 is 1.85 bits per heavy atom. The monoisotopic (exact) mass is 176 g/mol. The van der Waals surface area contributed by atoms with Gasteiger partial charge < -0.3 is 0 Å². The van der Waals surface area contributed by atoms with Gasteiger partial charge in [0.25, 0.3) is 0 Å². The summed E-state index contributed by atoms with van der Waals surface area (Å²) < 4.78 is 0. The summed E-state index contributed by atoms with van der Waals surface area (Å²) in [6.07, 6.45) is 0. The highest BCUT2D eigenvalue weighted by Gasteiger charge is 1.96. The quantitative estimate of drug-likeness (QED) is 0.555. The Labute approximate surface area is 79.7 Å². The highest BCUT2D eigenvalue weighted by Crippen LogP contribution is 2.05. The molecule has 0 aliphatic rings. The van der Waals surface area contributed by atoms with Gasteiger partial charge in [-0.05, 0) is 25.0 Å². The highest BCUT2D eigenvalue weighted by atomic mass is 15.3. The van der Waals surface area contributed by atoms with Crippen LogP contribution in [0.2, 0.25) is 0 Å². The second-order valence-electron chi connectivity index (χ2n) is 3.39. The first-order valence-electron chi connectivity index (χ1n) is 4.55. The van der Waals surface area contributed by atoms with Crippen LogP contribution in [0.25, 0.3) is 0 Å². The number of rotatable bonds is 3. The van der Waals surface area contributed by atoms with Crippen LogP contribution in [0.5, 0.6) is 0 Å². The molecule has 0 radical (unpaired) electrons. The maximum Gasteiger partial charge on any atom is 0.0561 e. The first-order valence-corrected chi connectivity index (χ1v) is 4.55. The number of nitrogens with zero attached hydrogens (tertiary/aromatic N) is 1. The molecule has 0 saturated heterocycles. The molecule has 0 unspecified atom stereocenters. The average molecular weight is 176 g/mol. The molecule has 1 rings (SSSR count). The summed E-state index contributed by atoms with van der Waals surface area (Å²) in [5.41, 5.74) is 5.16. The van der Waals surface area contributed by atoms with Crippen molar-refractivity contribution in [1.82, 2.24) is 0 Å². The van der Waals surface area contributed by atoms with Gasteiger partial charge in [-0.1, -0.05) is 32.0 Å². The van der Waals surface area contributed by atoms with Crippen molar-refractivity contribution in [3.05, 3.63) is 30.3 Å². The Kier molecular flexibility index (Phi) is 3.50. The maximum atomic E-state index is 4.26. The van der Waals surface area contributed by atoms with Crippen molar-refractivity contribution in [3.8, 4) is 0 Å². The molecule has 0 aliphatic heterocycles. The summed E-state index contributed by atoms with van der Waals surface area (Å²) in [6.45, 7) is 6.29. The lowest BCUT2D eigenvalue weighted by Gasteiger charge is -2.05. The van der Waals surface area contributed by atoms with Crippen LogP contribution in [-0.4, -0.2) is 5.71 Å². The van der Waals surface area contributed by atoms with Gasteiger partial charge in [0.1, 0.15) is 0 Å². The Morgan fingerprint density at radius 1 is 1.23 bits per heavy atom. The lowest BCUT2D eigenvalue weighted by atomic mass is 10.1. The van der Waals surface area contributed by atoms with Crippen molar-refractivity contribution in [3.63, 3.8) is 0 Å². The van der Waals surface area contributed by atoms with Crippen LogP contribution in [0.1, 0.15) is 20.8 Å². The van der Waals surface area contributed by atoms with Crippen LogP contribution in [-0.2, 0) is 0 Å². The van der Waals surface area contributed by atoms with E-state index in [1.807, 2.05) is 37.3 Å². The van der Waals surface area contributed by atoms with Crippen molar-refractivity contribution < 1.29 is 0 Å². The molecule has 1 N–H and O–H groups in total. The molecule has 0 aromatic heterocycles. The molecule has 0 spiro atoms. The zero-order valence-corrected chi connectivity index (χ0v) is 8.41. The molecule has 13 heavy (non-hydrogen) atoms. The van der Waals surface area contributed by atoms with Crippen molar-refractivity contribution >= 4 is 11.4 Å². The molecule has 2 nitrogen and oxygen atoms in total. The van der Waals surface area contributed by atoms with E-state index in [1.54, 1.807) is 0 Å². The van der Waals surface area contributed by atoms with Crippen LogP contribution in [0.4, 0.5) is 5.69 Å². The van der Waals surface area contributed by atoms with E-state index in [4.69, 9.17) is 0 Å². The number of nitrogens with one attached hydrogen (secondary N) is 1. The molecule has 2 heteroatoms. The summed E-state index contributed by atoms with van der Waals surface area (Å²) in [5.74, 6) is 0.496. The van der Waals surface area contributed by atoms with Crippen LogP contribution >= 0.6 is 0 Å². The number of hydrazone groups is 1. The van der Waals surface area contributed by atoms with Gasteiger partial charge in [-0.15, -0.1) is 0 Å². The van der Waals surface area contributed by atoms with Gasteiger partial charge in [0, 0.05) is 5.71 Å². The summed E-state index contributed by atoms with van der Waals surface area (Å²) >= 11 is 0. The minimum absolute atomic E-state index is 0.496. The molecule has 0 bridgehead atoms. The predicted molar refractivity (Wildman–Crippen MR) is 58.0 cm³/mol. The van der Waals surface area contributed by atoms with Crippen LogP contribution in [0.15, 0.2) is 35.4 Å². The topological polar surface area (TPSA) is 24.4 Å². The van der Waals surface area contributed by atoms with Crippen molar-refractivity contribution in [2.75, 3.05) is 5.43 Å². The molecule has 0 amide bonds. The Bertz CT molecular complexity index is 275. The van der Waals surface area contributed by atoms with Gasteiger partial charge in [-0.2, -0.15) is 5.10 Å². The lowest BCUT2D eigenvalue weighted by molar-refractivity contribution is 0.874. The number of para-hydroxylation sites is 1. The van der Waals surface area contributed by atoms with Gasteiger partial charge >= 0.3 is 0 Å². The van der Waals surface area contributed by atoms with Crippen molar-refractivity contribution in [2.45, 2.75) is 20.8 Å². The second-order valence-corrected chi connectivity index (χ2v) is 3.39. The first-order chi connectivity index (χ1) is 6.20. The summed E-state index contributed by atoms with van der Waals surface area (Å²) in [7, 11) is 0. The van der Waals surface area contributed by atoms with Gasteiger partial charge in [0.15, 0.2) is 0 Å². The van der Waals surface area contributed by atoms with E-state index < -0.39 is 0 Å². The zero-order chi connectivity index (χ0) is 9.68. The molecular formula is C11H16N2. The number of hydrogen-bond donors (Lipinski definition) is 1. The minimum Gasteiger partial charge on any atom is -0.279 e. The van der Waals surface area contributed by atoms with E-state index in [0.29, 0.717) is 5.92 Å². The van der Waals surface area contributed by atoms with Crippen molar-refractivity contribution in [2.24, 2.45) is 11.0 Å². The normalized spacial score (nSPS) is 11.8. The third-order valence-corrected chi connectivity index (χ3v) is 1.97. The fraction of sp³-hybridized carbons (Fsp3) is 0.364. The Balaban J connectivity index is 2.57. The number of hydrogen-bond acceptors (Lipinski definition) is 2. The Hall–Kier alpha value is -1.31. The van der Waals surface area contributed by atoms with Crippen LogP contribution in [0, 0.1) is 5.92 Å². The van der Waals surface area contributed by atoms with E-state index in [1.165, 1.54) is 0 Å². The largest absolute Gasteiger partial charge is 0.279 e.